The SMILES string of the molecule is C[Si]1(C)CC[Si](C)(C)N(C2CSC=N2)C1. The summed E-state index contributed by atoms with van der Waals surface area (Å²) in [4.78, 5) is 4.64. The maximum atomic E-state index is 4.64. The minimum Gasteiger partial charge on any atom is -0.305 e. The summed E-state index contributed by atoms with van der Waals surface area (Å²) in [7, 11) is -2.07. The molecule has 0 amide bonds. The number of hydrogen-bond donors (Lipinski definition) is 0. The Bertz CT molecular complexity index is 279. The lowest BCUT2D eigenvalue weighted by Gasteiger charge is -2.48. The van der Waals surface area contributed by atoms with Crippen LogP contribution in [0.4, 0.5) is 0 Å². The predicted molar refractivity (Wildman–Crippen MR) is 76.0 cm³/mol. The third-order valence-electron chi connectivity index (χ3n) is 3.70. The fourth-order valence-electron chi connectivity index (χ4n) is 2.51. The summed E-state index contributed by atoms with van der Waals surface area (Å²) in [6, 6.07) is 3.02. The zero-order valence-electron chi connectivity index (χ0n) is 10.3. The minimum absolute atomic E-state index is 0.517. The van der Waals surface area contributed by atoms with Crippen LogP contribution < -0.4 is 0 Å². The molecule has 0 spiro atoms. The van der Waals surface area contributed by atoms with Crippen LogP contribution in [0.1, 0.15) is 0 Å². The lowest BCUT2D eigenvalue weighted by Crippen LogP contribution is -2.63. The zero-order valence-corrected chi connectivity index (χ0v) is 13.1. The van der Waals surface area contributed by atoms with Gasteiger partial charge in [0.25, 0.3) is 0 Å². The van der Waals surface area contributed by atoms with Crippen LogP contribution in [-0.4, -0.2) is 44.5 Å². The molecule has 2 heterocycles. The largest absolute Gasteiger partial charge is 0.305 e. The molecule has 0 N–H and O–H groups in total. The van der Waals surface area contributed by atoms with Gasteiger partial charge in [-0.2, -0.15) is 0 Å². The molecule has 1 atom stereocenters. The molecule has 15 heavy (non-hydrogen) atoms. The van der Waals surface area contributed by atoms with Gasteiger partial charge in [-0.05, 0) is 12.2 Å². The lowest BCUT2D eigenvalue weighted by molar-refractivity contribution is 0.384. The first-order valence-electron chi connectivity index (χ1n) is 5.81. The van der Waals surface area contributed by atoms with Crippen molar-refractivity contribution in [1.29, 1.82) is 0 Å². The van der Waals surface area contributed by atoms with Crippen molar-refractivity contribution < 1.29 is 0 Å². The van der Waals surface area contributed by atoms with E-state index >= 15 is 0 Å². The Kier molecular flexibility index (Phi) is 3.18. The van der Waals surface area contributed by atoms with E-state index in [-0.39, 0.29) is 0 Å². The predicted octanol–water partition coefficient (Wildman–Crippen LogP) is 2.86. The number of rotatable bonds is 1. The van der Waals surface area contributed by atoms with Crippen LogP contribution in [0.3, 0.4) is 0 Å². The summed E-state index contributed by atoms with van der Waals surface area (Å²) in [6.07, 6.45) is 1.90. The third kappa shape index (κ3) is 2.57. The second kappa shape index (κ2) is 4.02. The zero-order chi connectivity index (χ0) is 11.1. The third-order valence-corrected chi connectivity index (χ3v) is 11.6. The van der Waals surface area contributed by atoms with E-state index in [1.54, 1.807) is 0 Å². The highest BCUT2D eigenvalue weighted by molar-refractivity contribution is 8.12. The monoisotopic (exact) mass is 258 g/mol. The first kappa shape index (κ1) is 11.9. The van der Waals surface area contributed by atoms with Gasteiger partial charge in [-0.3, -0.25) is 4.99 Å². The van der Waals surface area contributed by atoms with E-state index in [0.717, 1.165) is 0 Å². The molecule has 0 aromatic carbocycles. The van der Waals surface area contributed by atoms with E-state index in [1.165, 1.54) is 24.0 Å². The van der Waals surface area contributed by atoms with Gasteiger partial charge in [0.1, 0.15) is 14.4 Å². The second-order valence-corrected chi connectivity index (χ2v) is 16.9. The Balaban J connectivity index is 2.14. The van der Waals surface area contributed by atoms with Crippen molar-refractivity contribution in [3.8, 4) is 0 Å². The normalized spacial score (nSPS) is 34.5. The summed E-state index contributed by atoms with van der Waals surface area (Å²) in [5, 5.41) is 0. The van der Waals surface area contributed by atoms with Crippen LogP contribution in [0.5, 0.6) is 0 Å². The smallest absolute Gasteiger partial charge is 0.124 e. The van der Waals surface area contributed by atoms with Crippen LogP contribution in [0, 0.1) is 0 Å². The molecule has 2 rings (SSSR count). The van der Waals surface area contributed by atoms with E-state index in [2.05, 4.69) is 41.3 Å². The molecular formula is C10H22N2SSi2. The van der Waals surface area contributed by atoms with Gasteiger partial charge in [-0.25, -0.2) is 0 Å². The maximum absolute atomic E-state index is 4.64. The van der Waals surface area contributed by atoms with E-state index in [9.17, 15) is 0 Å². The van der Waals surface area contributed by atoms with Crippen molar-refractivity contribution in [2.24, 2.45) is 4.99 Å². The van der Waals surface area contributed by atoms with E-state index in [1.807, 2.05) is 11.8 Å². The molecule has 0 bridgehead atoms. The van der Waals surface area contributed by atoms with Gasteiger partial charge in [0, 0.05) is 5.75 Å². The fraction of sp³-hybridized carbons (Fsp3) is 0.900. The van der Waals surface area contributed by atoms with E-state index < -0.39 is 16.3 Å². The Morgan fingerprint density at radius 3 is 2.60 bits per heavy atom. The average molecular weight is 259 g/mol. The molecule has 0 aliphatic carbocycles. The van der Waals surface area contributed by atoms with Crippen molar-refractivity contribution in [3.05, 3.63) is 0 Å². The molecule has 1 saturated heterocycles. The summed E-state index contributed by atoms with van der Waals surface area (Å²) in [5.74, 6) is 1.20. The molecule has 0 radical (unpaired) electrons. The molecule has 86 valence electrons. The van der Waals surface area contributed by atoms with Gasteiger partial charge in [-0.1, -0.05) is 32.2 Å². The van der Waals surface area contributed by atoms with Crippen LogP contribution in [0.15, 0.2) is 4.99 Å². The first-order chi connectivity index (χ1) is 6.91. The van der Waals surface area contributed by atoms with Gasteiger partial charge in [0.05, 0.1) is 13.6 Å². The average Bonchev–Trinajstić information content (AvgIpc) is 2.62. The lowest BCUT2D eigenvalue weighted by atomic mass is 10.6. The Morgan fingerprint density at radius 1 is 1.27 bits per heavy atom. The van der Waals surface area contributed by atoms with Gasteiger partial charge in [-0.15, -0.1) is 11.8 Å². The van der Waals surface area contributed by atoms with Crippen molar-refractivity contribution in [2.75, 3.05) is 11.9 Å². The summed E-state index contributed by atoms with van der Waals surface area (Å²) in [6.45, 7) is 10.1. The molecule has 1 fully saturated rings. The molecule has 0 saturated carbocycles. The molecule has 2 aliphatic rings. The highest BCUT2D eigenvalue weighted by atomic mass is 32.2. The van der Waals surface area contributed by atoms with Crippen LogP contribution in [0.2, 0.25) is 38.3 Å². The van der Waals surface area contributed by atoms with Crippen LogP contribution in [0.25, 0.3) is 0 Å². The topological polar surface area (TPSA) is 15.6 Å². The summed E-state index contributed by atoms with van der Waals surface area (Å²) < 4.78 is 2.80. The molecule has 2 nitrogen and oxygen atoms in total. The van der Waals surface area contributed by atoms with Gasteiger partial charge >= 0.3 is 0 Å². The van der Waals surface area contributed by atoms with Crippen molar-refractivity contribution in [3.63, 3.8) is 0 Å². The Morgan fingerprint density at radius 2 is 2.00 bits per heavy atom. The highest BCUT2D eigenvalue weighted by Crippen LogP contribution is 2.34. The molecule has 1 unspecified atom stereocenters. The van der Waals surface area contributed by atoms with Crippen molar-refractivity contribution >= 4 is 33.6 Å². The van der Waals surface area contributed by atoms with Gasteiger partial charge in [0.15, 0.2) is 0 Å². The number of thioether (sulfide) groups is 1. The Hall–Kier alpha value is 0.414. The van der Waals surface area contributed by atoms with Gasteiger partial charge in [0.2, 0.25) is 0 Å². The number of aliphatic imine (C=N–C) groups is 1. The highest BCUT2D eigenvalue weighted by Gasteiger charge is 2.43. The summed E-state index contributed by atoms with van der Waals surface area (Å²) in [5.41, 5.74) is 2.05. The molecular weight excluding hydrogens is 236 g/mol. The van der Waals surface area contributed by atoms with E-state index in [0.29, 0.717) is 6.17 Å². The standard InChI is InChI=1S/C10H22N2SSi2/c1-14(2)5-6-15(3,4)12(9-14)10-7-13-8-11-10/h8,10H,5-7,9H2,1-4H3. The Labute approximate surface area is 99.6 Å². The minimum atomic E-state index is -1.13. The van der Waals surface area contributed by atoms with E-state index in [4.69, 9.17) is 0 Å². The molecule has 5 heteroatoms. The first-order valence-corrected chi connectivity index (χ1v) is 13.4. The quantitative estimate of drug-likeness (QED) is 0.672. The number of nitrogens with zero attached hydrogens (tertiary/aromatic N) is 2. The van der Waals surface area contributed by atoms with Crippen LogP contribution in [-0.2, 0) is 0 Å². The fourth-order valence-corrected chi connectivity index (χ4v) is 14.1. The maximum Gasteiger partial charge on any atom is 0.124 e. The summed E-state index contributed by atoms with van der Waals surface area (Å²) >= 11 is 1.88. The van der Waals surface area contributed by atoms with Gasteiger partial charge < -0.3 is 4.57 Å². The molecule has 2 aliphatic heterocycles. The van der Waals surface area contributed by atoms with Crippen molar-refractivity contribution in [1.82, 2.24) is 4.57 Å². The number of hydrogen-bond acceptors (Lipinski definition) is 3. The molecule has 0 aromatic heterocycles. The van der Waals surface area contributed by atoms with Crippen LogP contribution >= 0.6 is 11.8 Å². The molecule has 0 aromatic rings. The van der Waals surface area contributed by atoms with Crippen molar-refractivity contribution in [2.45, 2.75) is 44.4 Å². The second-order valence-electron chi connectivity index (χ2n) is 6.17.